The molecule has 3 unspecified atom stereocenters. The van der Waals surface area contributed by atoms with Gasteiger partial charge in [0.1, 0.15) is 19.3 Å². The summed E-state index contributed by atoms with van der Waals surface area (Å²) < 4.78 is 30.3. The molecule has 0 aromatic rings. The number of phosphoric ester groups is 1. The molecule has 0 heterocycles. The van der Waals surface area contributed by atoms with Crippen LogP contribution in [-0.2, 0) is 27.9 Å². The second kappa shape index (κ2) is 56.5. The van der Waals surface area contributed by atoms with Crippen molar-refractivity contribution in [3.05, 3.63) is 85.1 Å². The minimum absolute atomic E-state index is 0.0303. The van der Waals surface area contributed by atoms with Crippen LogP contribution in [0.3, 0.4) is 0 Å². The van der Waals surface area contributed by atoms with Gasteiger partial charge in [-0.25, -0.2) is 0 Å². The third kappa shape index (κ3) is 57.7. The van der Waals surface area contributed by atoms with Crippen LogP contribution in [0.1, 0.15) is 278 Å². The highest BCUT2D eigenvalue weighted by Crippen LogP contribution is 2.38. The zero-order chi connectivity index (χ0) is 56.4. The van der Waals surface area contributed by atoms with Crippen molar-refractivity contribution in [2.75, 3.05) is 40.9 Å². The third-order valence-corrected chi connectivity index (χ3v) is 14.8. The highest BCUT2D eigenvalue weighted by atomic mass is 31.2. The average molecular weight is 1100 g/mol. The molecule has 0 aliphatic rings. The van der Waals surface area contributed by atoms with Gasteiger partial charge >= 0.3 is 5.97 Å². The molecule has 1 N–H and O–H groups in total. The number of amides is 1. The summed E-state index contributed by atoms with van der Waals surface area (Å²) in [7, 11) is 1.16. The molecule has 0 spiro atoms. The van der Waals surface area contributed by atoms with Gasteiger partial charge in [0.05, 0.1) is 33.8 Å². The molecule has 0 aromatic carbocycles. The molecule has 0 rings (SSSR count). The minimum atomic E-state index is -4.71. The maximum absolute atomic E-state index is 13.5. The van der Waals surface area contributed by atoms with Gasteiger partial charge in [0.25, 0.3) is 7.82 Å². The number of quaternary nitrogens is 1. The Balaban J connectivity index is 5.24. The summed E-state index contributed by atoms with van der Waals surface area (Å²) in [6.07, 6.45) is 74.0. The summed E-state index contributed by atoms with van der Waals surface area (Å²) in [5.41, 5.74) is 0. The van der Waals surface area contributed by atoms with Crippen molar-refractivity contribution in [1.29, 1.82) is 0 Å². The predicted molar refractivity (Wildman–Crippen MR) is 330 cm³/mol. The molecule has 77 heavy (non-hydrogen) atoms. The standard InChI is InChI=1S/C67H121N2O7P/c1-7-10-13-16-19-22-25-27-29-31-33-34-36-37-39-41-44-47-50-53-56-59-66(70)68-64(63-75-77(72,73)74-62-61-69(4,5)6)65(58-55-52-49-46-43-24-21-18-15-12-9-3)76-67(71)60-57-54-51-48-45-42-40-38-35-32-30-28-26-23-20-17-14-11-8-2/h19-20,22-23,27-30,33-34,37,39,55,58,64-65H,7-18,21,24-26,31-32,35-36,38,40-54,56-57,59-63H2,1-6H3,(H-,68,70,72,73)/b22-19-,23-20-,29-27-,30-28-,34-33-,39-37-,58-55+. The largest absolute Gasteiger partial charge is 0.756 e. The summed E-state index contributed by atoms with van der Waals surface area (Å²) in [6, 6.07) is -0.904. The quantitative estimate of drug-likeness (QED) is 0.0212. The molecule has 3 atom stereocenters. The van der Waals surface area contributed by atoms with Gasteiger partial charge < -0.3 is 28.5 Å². The fraction of sp³-hybridized carbons (Fsp3) is 0.761. The van der Waals surface area contributed by atoms with E-state index in [4.69, 9.17) is 13.8 Å². The van der Waals surface area contributed by atoms with E-state index in [1.165, 1.54) is 128 Å². The lowest BCUT2D eigenvalue weighted by Crippen LogP contribution is -2.47. The van der Waals surface area contributed by atoms with E-state index < -0.39 is 26.6 Å². The summed E-state index contributed by atoms with van der Waals surface area (Å²) in [6.45, 7) is 6.77. The number of nitrogens with zero attached hydrogens (tertiary/aromatic N) is 1. The van der Waals surface area contributed by atoms with Crippen LogP contribution in [0.5, 0.6) is 0 Å². The number of carbonyl (C=O) groups is 2. The molecular weight excluding hydrogens is 976 g/mol. The lowest BCUT2D eigenvalue weighted by atomic mass is 10.0. The number of hydrogen-bond acceptors (Lipinski definition) is 7. The summed E-state index contributed by atoms with van der Waals surface area (Å²) in [5, 5.41) is 3.02. The van der Waals surface area contributed by atoms with Gasteiger partial charge in [-0.2, -0.15) is 0 Å². The Morgan fingerprint density at radius 1 is 0.455 bits per heavy atom. The van der Waals surface area contributed by atoms with Crippen LogP contribution in [0.2, 0.25) is 0 Å². The fourth-order valence-corrected chi connectivity index (χ4v) is 9.55. The van der Waals surface area contributed by atoms with E-state index >= 15 is 0 Å². The molecule has 0 radical (unpaired) electrons. The Morgan fingerprint density at radius 2 is 0.792 bits per heavy atom. The zero-order valence-electron chi connectivity index (χ0n) is 50.9. The van der Waals surface area contributed by atoms with Gasteiger partial charge in [-0.1, -0.05) is 241 Å². The number of rotatable bonds is 57. The molecule has 0 aliphatic carbocycles. The number of phosphoric acid groups is 1. The van der Waals surface area contributed by atoms with Crippen LogP contribution in [0.4, 0.5) is 0 Å². The third-order valence-electron chi connectivity index (χ3n) is 13.8. The summed E-state index contributed by atoms with van der Waals surface area (Å²) in [5.74, 6) is -0.567. The molecule has 0 fully saturated rings. The van der Waals surface area contributed by atoms with Crippen molar-refractivity contribution < 1.29 is 37.3 Å². The van der Waals surface area contributed by atoms with Crippen LogP contribution < -0.4 is 10.2 Å². The average Bonchev–Trinajstić information content (AvgIpc) is 3.39. The maximum Gasteiger partial charge on any atom is 0.306 e. The molecule has 0 aliphatic heterocycles. The van der Waals surface area contributed by atoms with Crippen molar-refractivity contribution >= 4 is 19.7 Å². The number of ether oxygens (including phenoxy) is 1. The first-order chi connectivity index (χ1) is 37.4. The maximum atomic E-state index is 13.5. The fourth-order valence-electron chi connectivity index (χ4n) is 8.83. The first kappa shape index (κ1) is 74.2. The molecule has 0 saturated carbocycles. The van der Waals surface area contributed by atoms with Crippen molar-refractivity contribution in [1.82, 2.24) is 5.32 Å². The van der Waals surface area contributed by atoms with E-state index in [2.05, 4.69) is 99.0 Å². The van der Waals surface area contributed by atoms with Gasteiger partial charge in [-0.15, -0.1) is 0 Å². The van der Waals surface area contributed by atoms with E-state index in [1.807, 2.05) is 33.3 Å². The molecular formula is C67H121N2O7P. The molecule has 0 aromatic heterocycles. The van der Waals surface area contributed by atoms with Crippen molar-refractivity contribution in [2.24, 2.45) is 0 Å². The first-order valence-electron chi connectivity index (χ1n) is 31.9. The van der Waals surface area contributed by atoms with Gasteiger partial charge in [0, 0.05) is 12.8 Å². The SMILES string of the molecule is CCCCC/C=C\C/C=C\C/C=C\C/C=C\CCCCCCCC(=O)NC(COP(=O)([O-])OCC[N+](C)(C)C)C(/C=C/CCCCCCCCCCC)OC(=O)CCCCCCCCCCC/C=C\C/C=C\CCCCC. The van der Waals surface area contributed by atoms with Crippen molar-refractivity contribution in [3.63, 3.8) is 0 Å². The van der Waals surface area contributed by atoms with Crippen molar-refractivity contribution in [2.45, 2.75) is 290 Å². The first-order valence-corrected chi connectivity index (χ1v) is 33.4. The van der Waals surface area contributed by atoms with Crippen LogP contribution in [0.15, 0.2) is 85.1 Å². The molecule has 1 amide bonds. The normalized spacial score (nSPS) is 14.2. The van der Waals surface area contributed by atoms with Gasteiger partial charge in [0.2, 0.25) is 5.91 Å². The lowest BCUT2D eigenvalue weighted by molar-refractivity contribution is -0.870. The second-order valence-electron chi connectivity index (χ2n) is 22.6. The molecule has 0 saturated heterocycles. The molecule has 446 valence electrons. The number of esters is 1. The van der Waals surface area contributed by atoms with Crippen LogP contribution in [0.25, 0.3) is 0 Å². The summed E-state index contributed by atoms with van der Waals surface area (Å²) in [4.78, 5) is 40.0. The molecule has 10 heteroatoms. The smallest absolute Gasteiger partial charge is 0.306 e. The van der Waals surface area contributed by atoms with Crippen LogP contribution >= 0.6 is 7.82 Å². The highest BCUT2D eigenvalue weighted by Gasteiger charge is 2.27. The van der Waals surface area contributed by atoms with Crippen LogP contribution in [0, 0.1) is 0 Å². The van der Waals surface area contributed by atoms with E-state index in [0.29, 0.717) is 23.9 Å². The Morgan fingerprint density at radius 3 is 1.21 bits per heavy atom. The van der Waals surface area contributed by atoms with Crippen LogP contribution in [-0.4, -0.2) is 69.4 Å². The molecule has 9 nitrogen and oxygen atoms in total. The Kier molecular flexibility index (Phi) is 54.4. The predicted octanol–water partition coefficient (Wildman–Crippen LogP) is 19.1. The number of unbranched alkanes of at least 4 members (excludes halogenated alkanes) is 29. The van der Waals surface area contributed by atoms with E-state index in [0.717, 1.165) is 109 Å². The molecule has 0 bridgehead atoms. The number of hydrogen-bond donors (Lipinski definition) is 1. The van der Waals surface area contributed by atoms with E-state index in [-0.39, 0.29) is 24.9 Å². The second-order valence-corrected chi connectivity index (χ2v) is 24.0. The van der Waals surface area contributed by atoms with Gasteiger partial charge in [-0.05, 0) is 109 Å². The van der Waals surface area contributed by atoms with E-state index in [9.17, 15) is 19.0 Å². The number of likely N-dealkylation sites (N-methyl/N-ethyl adjacent to an activating group) is 1. The number of nitrogens with one attached hydrogen (secondary N) is 1. The Bertz CT molecular complexity index is 1590. The minimum Gasteiger partial charge on any atom is -0.756 e. The van der Waals surface area contributed by atoms with Gasteiger partial charge in [-0.3, -0.25) is 14.2 Å². The monoisotopic (exact) mass is 1100 g/mol. The summed E-state index contributed by atoms with van der Waals surface area (Å²) >= 11 is 0. The highest BCUT2D eigenvalue weighted by molar-refractivity contribution is 7.45. The van der Waals surface area contributed by atoms with Gasteiger partial charge in [0.15, 0.2) is 0 Å². The number of allylic oxidation sites excluding steroid dienone is 13. The topological polar surface area (TPSA) is 114 Å². The Hall–Kier alpha value is -2.81. The zero-order valence-corrected chi connectivity index (χ0v) is 51.8. The van der Waals surface area contributed by atoms with E-state index in [1.54, 1.807) is 0 Å². The lowest BCUT2D eigenvalue weighted by Gasteiger charge is -2.30. The number of carbonyl (C=O) groups excluding carboxylic acids is 2. The van der Waals surface area contributed by atoms with Crippen molar-refractivity contribution in [3.8, 4) is 0 Å². The Labute approximate surface area is 476 Å².